The van der Waals surface area contributed by atoms with Gasteiger partial charge in [-0.15, -0.1) is 11.3 Å². The van der Waals surface area contributed by atoms with Crippen LogP contribution in [-0.4, -0.2) is 11.5 Å². The van der Waals surface area contributed by atoms with Crippen LogP contribution < -0.4 is 10.1 Å². The first kappa shape index (κ1) is 13.5. The Hall–Kier alpha value is -0.970. The van der Waals surface area contributed by atoms with Gasteiger partial charge in [0.25, 0.3) is 0 Å². The summed E-state index contributed by atoms with van der Waals surface area (Å²) < 4.78 is 5.59. The molecule has 0 amide bonds. The van der Waals surface area contributed by atoms with Gasteiger partial charge >= 0.3 is 0 Å². The summed E-state index contributed by atoms with van der Waals surface area (Å²) in [6.07, 6.45) is 0. The molecule has 0 aliphatic carbocycles. The van der Waals surface area contributed by atoms with Gasteiger partial charge in [-0.2, -0.15) is 4.98 Å². The van der Waals surface area contributed by atoms with Crippen LogP contribution in [0.4, 0.5) is 5.82 Å². The summed E-state index contributed by atoms with van der Waals surface area (Å²) in [6, 6.07) is 5.61. The van der Waals surface area contributed by atoms with E-state index in [9.17, 15) is 0 Å². The summed E-state index contributed by atoms with van der Waals surface area (Å²) in [7, 11) is 0. The number of anilines is 1. The maximum Gasteiger partial charge on any atom is 0.235 e. The number of thiophene rings is 1. The molecule has 0 aliphatic heterocycles. The minimum absolute atomic E-state index is 0.394. The third-order valence-electron chi connectivity index (χ3n) is 2.17. The van der Waals surface area contributed by atoms with Crippen LogP contribution in [0.3, 0.4) is 0 Å². The Morgan fingerprint density at radius 1 is 1.39 bits per heavy atom. The van der Waals surface area contributed by atoms with E-state index in [0.717, 1.165) is 11.4 Å². The molecule has 0 atom stereocenters. The lowest BCUT2D eigenvalue weighted by Gasteiger charge is -2.10. The molecule has 2 heterocycles. The Morgan fingerprint density at radius 2 is 2.22 bits per heavy atom. The Bertz CT molecular complexity index is 517. The zero-order valence-electron chi connectivity index (χ0n) is 9.74. The Morgan fingerprint density at radius 3 is 2.89 bits per heavy atom. The first-order valence-corrected chi connectivity index (χ1v) is 7.09. The number of aromatic nitrogens is 1. The van der Waals surface area contributed by atoms with Crippen molar-refractivity contribution in [1.29, 1.82) is 0 Å². The second-order valence-electron chi connectivity index (χ2n) is 3.50. The first-order chi connectivity index (χ1) is 8.70. The van der Waals surface area contributed by atoms with Crippen molar-refractivity contribution < 1.29 is 4.74 Å². The second kappa shape index (κ2) is 6.27. The lowest BCUT2D eigenvalue weighted by Crippen LogP contribution is -2.03. The highest BCUT2D eigenvalue weighted by molar-refractivity contribution is 7.09. The minimum atomic E-state index is 0.394. The standard InChI is InChI=1S/C12H12Cl2N2OS/c1-2-15-11-9(13)6-10(14)12(16-11)17-7-8-4-3-5-18-8/h3-6H,2,7H2,1H3,(H,15,16). The van der Waals surface area contributed by atoms with Crippen molar-refractivity contribution in [3.8, 4) is 5.88 Å². The van der Waals surface area contributed by atoms with E-state index in [2.05, 4.69) is 10.3 Å². The maximum atomic E-state index is 6.05. The van der Waals surface area contributed by atoms with Gasteiger partial charge in [0.15, 0.2) is 0 Å². The highest BCUT2D eigenvalue weighted by Gasteiger charge is 2.10. The number of ether oxygens (including phenoxy) is 1. The van der Waals surface area contributed by atoms with Crippen molar-refractivity contribution in [3.05, 3.63) is 38.5 Å². The number of nitrogens with zero attached hydrogens (tertiary/aromatic N) is 1. The molecule has 0 radical (unpaired) electrons. The van der Waals surface area contributed by atoms with Gasteiger partial charge in [-0.25, -0.2) is 0 Å². The lowest BCUT2D eigenvalue weighted by molar-refractivity contribution is 0.298. The highest BCUT2D eigenvalue weighted by atomic mass is 35.5. The van der Waals surface area contributed by atoms with Gasteiger partial charge in [0.05, 0.1) is 5.02 Å². The van der Waals surface area contributed by atoms with Gasteiger partial charge in [0.1, 0.15) is 17.4 Å². The molecule has 18 heavy (non-hydrogen) atoms. The number of nitrogens with one attached hydrogen (secondary N) is 1. The van der Waals surface area contributed by atoms with E-state index in [-0.39, 0.29) is 0 Å². The van der Waals surface area contributed by atoms with Crippen molar-refractivity contribution in [3.63, 3.8) is 0 Å². The Balaban J connectivity index is 2.13. The second-order valence-corrected chi connectivity index (χ2v) is 5.35. The molecule has 0 fully saturated rings. The van der Waals surface area contributed by atoms with Gasteiger partial charge in [-0.1, -0.05) is 29.3 Å². The van der Waals surface area contributed by atoms with Crippen LogP contribution in [0.25, 0.3) is 0 Å². The summed E-state index contributed by atoms with van der Waals surface area (Å²) in [5.74, 6) is 0.982. The smallest absolute Gasteiger partial charge is 0.235 e. The predicted molar refractivity (Wildman–Crippen MR) is 77.1 cm³/mol. The molecule has 0 aliphatic rings. The Kier molecular flexibility index (Phi) is 4.69. The van der Waals surface area contributed by atoms with Crippen molar-refractivity contribution in [2.24, 2.45) is 0 Å². The molecule has 3 nitrogen and oxygen atoms in total. The Labute approximate surface area is 120 Å². The molecule has 0 saturated carbocycles. The summed E-state index contributed by atoms with van der Waals surface area (Å²) in [5, 5.41) is 5.96. The molecule has 0 spiro atoms. The van der Waals surface area contributed by atoms with E-state index < -0.39 is 0 Å². The molecule has 1 N–H and O–H groups in total. The number of hydrogen-bond donors (Lipinski definition) is 1. The van der Waals surface area contributed by atoms with Crippen LogP contribution in [-0.2, 0) is 6.61 Å². The van der Waals surface area contributed by atoms with E-state index in [1.165, 1.54) is 0 Å². The summed E-state index contributed by atoms with van der Waals surface area (Å²) in [4.78, 5) is 5.39. The topological polar surface area (TPSA) is 34.2 Å². The molecular formula is C12H12Cl2N2OS. The normalized spacial score (nSPS) is 10.4. The van der Waals surface area contributed by atoms with Gasteiger partial charge in [0, 0.05) is 11.4 Å². The first-order valence-electron chi connectivity index (χ1n) is 5.45. The molecule has 0 aromatic carbocycles. The van der Waals surface area contributed by atoms with Gasteiger partial charge in [-0.3, -0.25) is 0 Å². The van der Waals surface area contributed by atoms with Crippen molar-refractivity contribution >= 4 is 40.4 Å². The van der Waals surface area contributed by atoms with E-state index >= 15 is 0 Å². The molecule has 0 unspecified atom stereocenters. The zero-order chi connectivity index (χ0) is 13.0. The summed E-state index contributed by atoms with van der Waals surface area (Å²) >= 11 is 13.7. The molecule has 0 bridgehead atoms. The van der Waals surface area contributed by atoms with Crippen molar-refractivity contribution in [2.75, 3.05) is 11.9 Å². The maximum absolute atomic E-state index is 6.05. The largest absolute Gasteiger partial charge is 0.471 e. The van der Waals surface area contributed by atoms with Crippen LogP contribution in [0.5, 0.6) is 5.88 Å². The van der Waals surface area contributed by atoms with Crippen LogP contribution in [0.2, 0.25) is 10.0 Å². The van der Waals surface area contributed by atoms with Crippen LogP contribution in [0, 0.1) is 0 Å². The fourth-order valence-corrected chi connectivity index (χ4v) is 2.47. The van der Waals surface area contributed by atoms with Crippen LogP contribution in [0.1, 0.15) is 11.8 Å². The molecule has 2 aromatic heterocycles. The molecular weight excluding hydrogens is 291 g/mol. The molecule has 2 rings (SSSR count). The fraction of sp³-hybridized carbons (Fsp3) is 0.250. The summed E-state index contributed by atoms with van der Waals surface area (Å²) in [6.45, 7) is 3.16. The number of halogens is 2. The molecule has 96 valence electrons. The highest BCUT2D eigenvalue weighted by Crippen LogP contribution is 2.31. The van der Waals surface area contributed by atoms with Crippen molar-refractivity contribution in [2.45, 2.75) is 13.5 Å². The quantitative estimate of drug-likeness (QED) is 0.885. The molecule has 2 aromatic rings. The van der Waals surface area contributed by atoms with E-state index in [0.29, 0.717) is 28.3 Å². The lowest BCUT2D eigenvalue weighted by atomic mass is 10.4. The molecule has 6 heteroatoms. The number of pyridine rings is 1. The van der Waals surface area contributed by atoms with E-state index in [4.69, 9.17) is 27.9 Å². The fourth-order valence-electron chi connectivity index (χ4n) is 1.38. The number of hydrogen-bond acceptors (Lipinski definition) is 4. The third kappa shape index (κ3) is 3.28. The van der Waals surface area contributed by atoms with Crippen molar-refractivity contribution in [1.82, 2.24) is 4.98 Å². The predicted octanol–water partition coefficient (Wildman–Crippen LogP) is 4.46. The van der Waals surface area contributed by atoms with E-state index in [1.54, 1.807) is 17.4 Å². The van der Waals surface area contributed by atoms with Crippen LogP contribution in [0.15, 0.2) is 23.6 Å². The monoisotopic (exact) mass is 302 g/mol. The van der Waals surface area contributed by atoms with Crippen LogP contribution >= 0.6 is 34.5 Å². The minimum Gasteiger partial charge on any atom is -0.471 e. The average molecular weight is 303 g/mol. The molecule has 0 saturated heterocycles. The van der Waals surface area contributed by atoms with Gasteiger partial charge in [-0.05, 0) is 24.4 Å². The SMILES string of the molecule is CCNc1nc(OCc2cccs2)c(Cl)cc1Cl. The third-order valence-corrected chi connectivity index (χ3v) is 3.58. The summed E-state index contributed by atoms with van der Waals surface area (Å²) in [5.41, 5.74) is 0. The van der Waals surface area contributed by atoms with Gasteiger partial charge < -0.3 is 10.1 Å². The van der Waals surface area contributed by atoms with E-state index in [1.807, 2.05) is 24.4 Å². The average Bonchev–Trinajstić information content (AvgIpc) is 2.84. The number of rotatable bonds is 5. The zero-order valence-corrected chi connectivity index (χ0v) is 12.1. The van der Waals surface area contributed by atoms with Gasteiger partial charge in [0.2, 0.25) is 5.88 Å².